The SMILES string of the molecule is CCN(C)[C@@H]1CNC[C@@H](C(=O)O)C1. The molecule has 4 heteroatoms. The van der Waals surface area contributed by atoms with Crippen molar-refractivity contribution in [2.45, 2.75) is 19.4 Å². The second-order valence-corrected chi connectivity index (χ2v) is 3.66. The van der Waals surface area contributed by atoms with E-state index in [1.54, 1.807) is 0 Å². The van der Waals surface area contributed by atoms with Crippen LogP contribution in [0.2, 0.25) is 0 Å². The first kappa shape index (κ1) is 10.5. The van der Waals surface area contributed by atoms with Crippen molar-refractivity contribution >= 4 is 5.97 Å². The van der Waals surface area contributed by atoms with Crippen LogP contribution in [-0.2, 0) is 4.79 Å². The fourth-order valence-electron chi connectivity index (χ4n) is 1.70. The molecule has 76 valence electrons. The Morgan fingerprint density at radius 1 is 1.62 bits per heavy atom. The summed E-state index contributed by atoms with van der Waals surface area (Å²) in [7, 11) is 2.04. The van der Waals surface area contributed by atoms with E-state index in [-0.39, 0.29) is 5.92 Å². The van der Waals surface area contributed by atoms with E-state index in [1.165, 1.54) is 0 Å². The van der Waals surface area contributed by atoms with Crippen molar-refractivity contribution in [3.05, 3.63) is 0 Å². The highest BCUT2D eigenvalue weighted by molar-refractivity contribution is 5.70. The number of carboxylic acid groups (broad SMARTS) is 1. The van der Waals surface area contributed by atoms with Gasteiger partial charge in [-0.25, -0.2) is 0 Å². The van der Waals surface area contributed by atoms with Gasteiger partial charge < -0.3 is 15.3 Å². The Balaban J connectivity index is 2.46. The number of carbonyl (C=O) groups is 1. The Kier molecular flexibility index (Phi) is 3.69. The summed E-state index contributed by atoms with van der Waals surface area (Å²) in [6.45, 7) is 4.58. The third kappa shape index (κ3) is 2.67. The van der Waals surface area contributed by atoms with Crippen molar-refractivity contribution in [3.63, 3.8) is 0 Å². The number of nitrogens with one attached hydrogen (secondary N) is 1. The molecule has 1 fully saturated rings. The standard InChI is InChI=1S/C9H18N2O2/c1-3-11(2)8-4-7(9(12)13)5-10-6-8/h7-8,10H,3-6H2,1-2H3,(H,12,13)/t7-,8-/m0/s1. The minimum absolute atomic E-state index is 0.215. The van der Waals surface area contributed by atoms with E-state index in [2.05, 4.69) is 17.1 Å². The number of likely N-dealkylation sites (N-methyl/N-ethyl adjacent to an activating group) is 1. The number of hydrogen-bond acceptors (Lipinski definition) is 3. The van der Waals surface area contributed by atoms with E-state index in [0.717, 1.165) is 19.5 Å². The highest BCUT2D eigenvalue weighted by atomic mass is 16.4. The topological polar surface area (TPSA) is 52.6 Å². The molecule has 1 aliphatic heterocycles. The Morgan fingerprint density at radius 2 is 2.31 bits per heavy atom. The first-order chi connectivity index (χ1) is 6.15. The molecule has 0 aromatic heterocycles. The normalized spacial score (nSPS) is 29.2. The van der Waals surface area contributed by atoms with Crippen molar-refractivity contribution in [1.29, 1.82) is 0 Å². The lowest BCUT2D eigenvalue weighted by atomic mass is 9.95. The first-order valence-corrected chi connectivity index (χ1v) is 4.79. The van der Waals surface area contributed by atoms with Crippen LogP contribution in [0.1, 0.15) is 13.3 Å². The summed E-state index contributed by atoms with van der Waals surface area (Å²) in [4.78, 5) is 12.9. The Morgan fingerprint density at radius 3 is 2.85 bits per heavy atom. The van der Waals surface area contributed by atoms with Gasteiger partial charge in [-0.05, 0) is 20.0 Å². The third-order valence-electron chi connectivity index (χ3n) is 2.80. The summed E-state index contributed by atoms with van der Waals surface area (Å²) < 4.78 is 0. The van der Waals surface area contributed by atoms with E-state index in [4.69, 9.17) is 5.11 Å². The second kappa shape index (κ2) is 4.58. The van der Waals surface area contributed by atoms with Gasteiger partial charge in [0.1, 0.15) is 0 Å². The molecule has 1 heterocycles. The molecule has 0 aromatic carbocycles. The number of aliphatic carboxylic acids is 1. The molecule has 0 aliphatic carbocycles. The number of rotatable bonds is 3. The lowest BCUT2D eigenvalue weighted by molar-refractivity contribution is -0.142. The third-order valence-corrected chi connectivity index (χ3v) is 2.80. The van der Waals surface area contributed by atoms with Crippen LogP contribution in [0, 0.1) is 5.92 Å². The molecule has 0 radical (unpaired) electrons. The van der Waals surface area contributed by atoms with E-state index in [0.29, 0.717) is 12.6 Å². The molecule has 0 aromatic rings. The van der Waals surface area contributed by atoms with Crippen molar-refractivity contribution in [1.82, 2.24) is 10.2 Å². The van der Waals surface area contributed by atoms with Gasteiger partial charge in [0.05, 0.1) is 5.92 Å². The van der Waals surface area contributed by atoms with Gasteiger partial charge in [0, 0.05) is 19.1 Å². The largest absolute Gasteiger partial charge is 0.481 e. The molecule has 4 nitrogen and oxygen atoms in total. The monoisotopic (exact) mass is 186 g/mol. The van der Waals surface area contributed by atoms with Crippen LogP contribution in [-0.4, -0.2) is 48.7 Å². The summed E-state index contributed by atoms with van der Waals surface area (Å²) in [5.41, 5.74) is 0. The second-order valence-electron chi connectivity index (χ2n) is 3.66. The average Bonchev–Trinajstić information content (AvgIpc) is 2.17. The Hall–Kier alpha value is -0.610. The van der Waals surface area contributed by atoms with Crippen LogP contribution in [0.4, 0.5) is 0 Å². The molecule has 0 saturated carbocycles. The molecular formula is C9H18N2O2. The Bertz CT molecular complexity index is 184. The van der Waals surface area contributed by atoms with Crippen LogP contribution < -0.4 is 5.32 Å². The van der Waals surface area contributed by atoms with Crippen LogP contribution >= 0.6 is 0 Å². The predicted octanol–water partition coefficient (Wildman–Crippen LogP) is 0.000800. The fourth-order valence-corrected chi connectivity index (χ4v) is 1.70. The molecule has 0 bridgehead atoms. The number of piperidine rings is 1. The highest BCUT2D eigenvalue weighted by Crippen LogP contribution is 2.14. The Labute approximate surface area is 78.9 Å². The lowest BCUT2D eigenvalue weighted by Crippen LogP contribution is -2.49. The zero-order chi connectivity index (χ0) is 9.84. The molecule has 0 spiro atoms. The number of hydrogen-bond donors (Lipinski definition) is 2. The van der Waals surface area contributed by atoms with Crippen LogP contribution in [0.3, 0.4) is 0 Å². The lowest BCUT2D eigenvalue weighted by Gasteiger charge is -2.33. The molecule has 2 N–H and O–H groups in total. The predicted molar refractivity (Wildman–Crippen MR) is 50.7 cm³/mol. The minimum atomic E-state index is -0.679. The van der Waals surface area contributed by atoms with E-state index < -0.39 is 5.97 Å². The highest BCUT2D eigenvalue weighted by Gasteiger charge is 2.28. The van der Waals surface area contributed by atoms with Crippen molar-refractivity contribution in [2.75, 3.05) is 26.7 Å². The quantitative estimate of drug-likeness (QED) is 0.651. The van der Waals surface area contributed by atoms with Crippen molar-refractivity contribution < 1.29 is 9.90 Å². The van der Waals surface area contributed by atoms with Gasteiger partial charge >= 0.3 is 5.97 Å². The smallest absolute Gasteiger partial charge is 0.307 e. The van der Waals surface area contributed by atoms with Gasteiger partial charge in [-0.2, -0.15) is 0 Å². The average molecular weight is 186 g/mol. The zero-order valence-electron chi connectivity index (χ0n) is 8.29. The van der Waals surface area contributed by atoms with Gasteiger partial charge in [-0.3, -0.25) is 4.79 Å². The molecular weight excluding hydrogens is 168 g/mol. The van der Waals surface area contributed by atoms with Crippen LogP contribution in [0.15, 0.2) is 0 Å². The fraction of sp³-hybridized carbons (Fsp3) is 0.889. The van der Waals surface area contributed by atoms with Gasteiger partial charge in [0.15, 0.2) is 0 Å². The van der Waals surface area contributed by atoms with Crippen LogP contribution in [0.5, 0.6) is 0 Å². The summed E-state index contributed by atoms with van der Waals surface area (Å²) in [6, 6.07) is 0.375. The maximum atomic E-state index is 10.8. The molecule has 1 saturated heterocycles. The zero-order valence-corrected chi connectivity index (χ0v) is 8.29. The van der Waals surface area contributed by atoms with Gasteiger partial charge in [-0.15, -0.1) is 0 Å². The molecule has 1 aliphatic rings. The maximum Gasteiger partial charge on any atom is 0.307 e. The van der Waals surface area contributed by atoms with Crippen molar-refractivity contribution in [2.24, 2.45) is 5.92 Å². The number of carboxylic acids is 1. The van der Waals surface area contributed by atoms with Crippen molar-refractivity contribution in [3.8, 4) is 0 Å². The summed E-state index contributed by atoms with van der Waals surface area (Å²) in [6.07, 6.45) is 0.771. The van der Waals surface area contributed by atoms with Crippen LogP contribution in [0.25, 0.3) is 0 Å². The summed E-state index contributed by atoms with van der Waals surface area (Å²) in [5, 5.41) is 12.0. The summed E-state index contributed by atoms with van der Waals surface area (Å²) in [5.74, 6) is -0.894. The summed E-state index contributed by atoms with van der Waals surface area (Å²) >= 11 is 0. The molecule has 2 atom stereocenters. The van der Waals surface area contributed by atoms with E-state index in [1.807, 2.05) is 7.05 Å². The van der Waals surface area contributed by atoms with E-state index >= 15 is 0 Å². The number of nitrogens with zero attached hydrogens (tertiary/aromatic N) is 1. The van der Waals surface area contributed by atoms with Gasteiger partial charge in [0.2, 0.25) is 0 Å². The molecule has 0 amide bonds. The minimum Gasteiger partial charge on any atom is -0.481 e. The molecule has 13 heavy (non-hydrogen) atoms. The van der Waals surface area contributed by atoms with Gasteiger partial charge in [0.25, 0.3) is 0 Å². The van der Waals surface area contributed by atoms with E-state index in [9.17, 15) is 4.79 Å². The first-order valence-electron chi connectivity index (χ1n) is 4.79. The molecule has 0 unspecified atom stereocenters. The maximum absolute atomic E-state index is 10.8. The van der Waals surface area contributed by atoms with Gasteiger partial charge in [-0.1, -0.05) is 6.92 Å². The molecule has 1 rings (SSSR count).